The first-order valence-corrected chi connectivity index (χ1v) is 6.27. The van der Waals surface area contributed by atoms with Gasteiger partial charge in [0.25, 0.3) is 0 Å². The van der Waals surface area contributed by atoms with Crippen LogP contribution in [-0.4, -0.2) is 38.0 Å². The lowest BCUT2D eigenvalue weighted by molar-refractivity contribution is -0.181. The van der Waals surface area contributed by atoms with Gasteiger partial charge < -0.3 is 14.8 Å². The summed E-state index contributed by atoms with van der Waals surface area (Å²) in [6.45, 7) is 12.6. The Kier molecular flexibility index (Phi) is 4.38. The van der Waals surface area contributed by atoms with Crippen molar-refractivity contribution < 1.29 is 9.47 Å². The average molecular weight is 229 g/mol. The molecule has 3 unspecified atom stereocenters. The predicted octanol–water partition coefficient (Wildman–Crippen LogP) is 2.20. The van der Waals surface area contributed by atoms with Crippen molar-refractivity contribution in [3.05, 3.63) is 0 Å². The van der Waals surface area contributed by atoms with E-state index in [0.29, 0.717) is 6.04 Å². The van der Waals surface area contributed by atoms with Crippen LogP contribution >= 0.6 is 0 Å². The Labute approximate surface area is 99.9 Å². The summed E-state index contributed by atoms with van der Waals surface area (Å²) in [6, 6.07) is 0.528. The number of hydrogen-bond donors (Lipinski definition) is 1. The van der Waals surface area contributed by atoms with E-state index in [2.05, 4.69) is 33.0 Å². The molecule has 1 aliphatic carbocycles. The van der Waals surface area contributed by atoms with Crippen molar-refractivity contribution in [3.8, 4) is 0 Å². The molecule has 0 saturated heterocycles. The highest BCUT2D eigenvalue weighted by molar-refractivity contribution is 5.11. The minimum absolute atomic E-state index is 0.0134. The first-order chi connectivity index (χ1) is 7.37. The summed E-state index contributed by atoms with van der Waals surface area (Å²) >= 11 is 0. The second kappa shape index (κ2) is 5.03. The molecule has 96 valence electrons. The molecule has 3 atom stereocenters. The Bertz CT molecular complexity index is 230. The fourth-order valence-electron chi connectivity index (χ4n) is 2.47. The molecule has 1 rings (SSSR count). The van der Waals surface area contributed by atoms with Crippen LogP contribution in [0.25, 0.3) is 0 Å². The number of methoxy groups -OCH3 is 1. The van der Waals surface area contributed by atoms with Crippen LogP contribution in [0.3, 0.4) is 0 Å². The zero-order chi connectivity index (χ0) is 12.4. The third kappa shape index (κ3) is 2.41. The molecular weight excluding hydrogens is 202 g/mol. The van der Waals surface area contributed by atoms with E-state index >= 15 is 0 Å². The number of ether oxygens (including phenoxy) is 2. The monoisotopic (exact) mass is 229 g/mol. The Morgan fingerprint density at radius 1 is 1.38 bits per heavy atom. The summed E-state index contributed by atoms with van der Waals surface area (Å²) < 4.78 is 11.1. The molecule has 0 aliphatic heterocycles. The molecule has 1 aliphatic rings. The number of hydrogen-bond acceptors (Lipinski definition) is 3. The number of nitrogens with one attached hydrogen (secondary N) is 1. The second-order valence-electron chi connectivity index (χ2n) is 5.59. The van der Waals surface area contributed by atoms with Crippen molar-refractivity contribution >= 4 is 0 Å². The van der Waals surface area contributed by atoms with Crippen LogP contribution in [0, 0.1) is 5.41 Å². The Hall–Kier alpha value is -0.120. The van der Waals surface area contributed by atoms with Gasteiger partial charge in [-0.1, -0.05) is 13.8 Å². The van der Waals surface area contributed by atoms with E-state index in [1.807, 2.05) is 6.92 Å². The van der Waals surface area contributed by atoms with Gasteiger partial charge in [0, 0.05) is 31.7 Å². The van der Waals surface area contributed by atoms with E-state index in [4.69, 9.17) is 9.47 Å². The smallest absolute Gasteiger partial charge is 0.0731 e. The summed E-state index contributed by atoms with van der Waals surface area (Å²) in [4.78, 5) is 0. The van der Waals surface area contributed by atoms with E-state index in [1.54, 1.807) is 7.11 Å². The van der Waals surface area contributed by atoms with Gasteiger partial charge in [-0.2, -0.15) is 0 Å². The van der Waals surface area contributed by atoms with Gasteiger partial charge in [0.15, 0.2) is 0 Å². The zero-order valence-electron chi connectivity index (χ0n) is 11.6. The van der Waals surface area contributed by atoms with Crippen LogP contribution in [0.1, 0.15) is 41.0 Å². The Morgan fingerprint density at radius 3 is 2.44 bits per heavy atom. The van der Waals surface area contributed by atoms with Crippen LogP contribution in [0.2, 0.25) is 0 Å². The molecule has 0 aromatic carbocycles. The first-order valence-electron chi connectivity index (χ1n) is 6.27. The predicted molar refractivity (Wildman–Crippen MR) is 66.7 cm³/mol. The Morgan fingerprint density at radius 2 is 2.00 bits per heavy atom. The lowest BCUT2D eigenvalue weighted by Gasteiger charge is -2.59. The van der Waals surface area contributed by atoms with Gasteiger partial charge in [-0.3, -0.25) is 0 Å². The van der Waals surface area contributed by atoms with E-state index < -0.39 is 0 Å². The van der Waals surface area contributed by atoms with Crippen molar-refractivity contribution in [3.63, 3.8) is 0 Å². The van der Waals surface area contributed by atoms with Crippen LogP contribution in [-0.2, 0) is 9.47 Å². The van der Waals surface area contributed by atoms with E-state index in [1.165, 1.54) is 0 Å². The van der Waals surface area contributed by atoms with E-state index in [0.717, 1.165) is 19.6 Å². The molecule has 16 heavy (non-hydrogen) atoms. The fourth-order valence-corrected chi connectivity index (χ4v) is 2.47. The van der Waals surface area contributed by atoms with Gasteiger partial charge in [0.2, 0.25) is 0 Å². The molecule has 3 nitrogen and oxygen atoms in total. The van der Waals surface area contributed by atoms with Gasteiger partial charge in [0.1, 0.15) is 0 Å². The fraction of sp³-hybridized carbons (Fsp3) is 1.00. The molecule has 0 spiro atoms. The van der Waals surface area contributed by atoms with Crippen LogP contribution in [0.4, 0.5) is 0 Å². The highest BCUT2D eigenvalue weighted by Crippen LogP contribution is 2.51. The highest BCUT2D eigenvalue weighted by Gasteiger charge is 2.57. The maximum Gasteiger partial charge on any atom is 0.0731 e. The molecule has 1 N–H and O–H groups in total. The van der Waals surface area contributed by atoms with Crippen molar-refractivity contribution in [1.82, 2.24) is 5.32 Å². The second-order valence-corrected chi connectivity index (χ2v) is 5.59. The van der Waals surface area contributed by atoms with Crippen molar-refractivity contribution in [2.24, 2.45) is 5.41 Å². The molecular formula is C13H27NO2. The summed E-state index contributed by atoms with van der Waals surface area (Å²) in [5, 5.41) is 3.58. The lowest BCUT2D eigenvalue weighted by atomic mass is 9.56. The minimum Gasteiger partial charge on any atom is -0.378 e. The third-order valence-corrected chi connectivity index (χ3v) is 4.38. The summed E-state index contributed by atoms with van der Waals surface area (Å²) in [7, 11) is 1.81. The van der Waals surface area contributed by atoms with Gasteiger partial charge in [-0.05, 0) is 27.2 Å². The third-order valence-electron chi connectivity index (χ3n) is 4.38. The van der Waals surface area contributed by atoms with Gasteiger partial charge in [-0.25, -0.2) is 0 Å². The topological polar surface area (TPSA) is 30.5 Å². The summed E-state index contributed by atoms with van der Waals surface area (Å²) in [5.74, 6) is 0. The lowest BCUT2D eigenvalue weighted by Crippen LogP contribution is -2.68. The average Bonchev–Trinajstić information content (AvgIpc) is 2.23. The molecule has 0 aromatic heterocycles. The normalized spacial score (nSPS) is 34.5. The van der Waals surface area contributed by atoms with E-state index in [9.17, 15) is 0 Å². The molecule has 0 bridgehead atoms. The van der Waals surface area contributed by atoms with Gasteiger partial charge in [0.05, 0.1) is 11.7 Å². The highest BCUT2D eigenvalue weighted by atomic mass is 16.5. The van der Waals surface area contributed by atoms with Gasteiger partial charge in [-0.15, -0.1) is 0 Å². The standard InChI is InChI=1S/C13H27NO2/c1-7-16-10(2)9-14-11-8-13(5,15-6)12(11,3)4/h10-11,14H,7-9H2,1-6H3. The Balaban J connectivity index is 2.37. The molecule has 1 saturated carbocycles. The van der Waals surface area contributed by atoms with Crippen molar-refractivity contribution in [1.29, 1.82) is 0 Å². The van der Waals surface area contributed by atoms with Crippen LogP contribution < -0.4 is 5.32 Å². The number of rotatable bonds is 6. The molecule has 0 heterocycles. The first kappa shape index (κ1) is 13.9. The molecule has 3 heteroatoms. The van der Waals surface area contributed by atoms with Crippen molar-refractivity contribution in [2.75, 3.05) is 20.3 Å². The molecule has 0 radical (unpaired) electrons. The zero-order valence-corrected chi connectivity index (χ0v) is 11.6. The molecule has 1 fully saturated rings. The quantitative estimate of drug-likeness (QED) is 0.757. The molecule has 0 aromatic rings. The summed E-state index contributed by atoms with van der Waals surface area (Å²) in [6.07, 6.45) is 1.37. The van der Waals surface area contributed by atoms with Gasteiger partial charge >= 0.3 is 0 Å². The minimum atomic E-state index is 0.0134. The summed E-state index contributed by atoms with van der Waals surface area (Å²) in [5.41, 5.74) is 0.202. The van der Waals surface area contributed by atoms with Crippen molar-refractivity contribution in [2.45, 2.75) is 58.8 Å². The molecule has 0 amide bonds. The van der Waals surface area contributed by atoms with Crippen LogP contribution in [0.15, 0.2) is 0 Å². The largest absolute Gasteiger partial charge is 0.378 e. The maximum absolute atomic E-state index is 5.60. The van der Waals surface area contributed by atoms with E-state index in [-0.39, 0.29) is 17.1 Å². The van der Waals surface area contributed by atoms with Crippen LogP contribution in [0.5, 0.6) is 0 Å². The maximum atomic E-state index is 5.60. The SMILES string of the molecule is CCOC(C)CNC1CC(C)(OC)C1(C)C.